The number of nitrogens with one attached hydrogen (secondary N) is 5. The Kier molecular flexibility index (Phi) is 16.1. The Morgan fingerprint density at radius 1 is 0.717 bits per heavy atom. The number of hydrogen-bond acceptors (Lipinski definition) is 9. The highest BCUT2D eigenvalue weighted by atomic mass is 16.4. The van der Waals surface area contributed by atoms with E-state index in [1.165, 1.54) is 32.9 Å². The first kappa shape index (κ1) is 39.8. The number of rotatable bonds is 18. The summed E-state index contributed by atoms with van der Waals surface area (Å²) in [5, 5.41) is 41.4. The van der Waals surface area contributed by atoms with Gasteiger partial charge in [-0.25, -0.2) is 4.79 Å². The van der Waals surface area contributed by atoms with E-state index in [1.807, 2.05) is 13.8 Å². The second kappa shape index (κ2) is 18.7. The molecule has 0 aliphatic rings. The van der Waals surface area contributed by atoms with Crippen LogP contribution in [0.3, 0.4) is 0 Å². The lowest BCUT2D eigenvalue weighted by molar-refractivity contribution is -0.142. The van der Waals surface area contributed by atoms with Crippen molar-refractivity contribution in [2.24, 2.45) is 17.6 Å². The molecule has 46 heavy (non-hydrogen) atoms. The van der Waals surface area contributed by atoms with E-state index >= 15 is 0 Å². The number of hydrogen-bond donors (Lipinski definition) is 9. The summed E-state index contributed by atoms with van der Waals surface area (Å²) in [5.41, 5.74) is 6.67. The fourth-order valence-corrected chi connectivity index (χ4v) is 4.35. The molecule has 1 rings (SSSR count). The SMILES string of the molecule is CC[C@H](C)[C@H](NC(=O)[C@@H](NC(=O)[C@@H](N)Cc1ccc(O)cc1)[C@@H](C)O)C(=O)N[C@@H](C)C(=O)N[C@@H](C)C(=O)N[C@@H](CC(C)C)C(=O)O. The van der Waals surface area contributed by atoms with Gasteiger partial charge in [0.1, 0.15) is 36.0 Å². The molecule has 0 aliphatic heterocycles. The van der Waals surface area contributed by atoms with Gasteiger partial charge in [-0.15, -0.1) is 0 Å². The predicted molar refractivity (Wildman–Crippen MR) is 169 cm³/mol. The van der Waals surface area contributed by atoms with E-state index in [-0.39, 0.29) is 24.5 Å². The lowest BCUT2D eigenvalue weighted by Gasteiger charge is -2.29. The number of benzene rings is 1. The summed E-state index contributed by atoms with van der Waals surface area (Å²) in [6.45, 7) is 11.1. The maximum Gasteiger partial charge on any atom is 0.326 e. The molecule has 0 unspecified atom stereocenters. The summed E-state index contributed by atoms with van der Waals surface area (Å²) in [5.74, 6) is -5.30. The van der Waals surface area contributed by atoms with E-state index in [4.69, 9.17) is 5.73 Å². The molecule has 0 fully saturated rings. The minimum absolute atomic E-state index is 0.00164. The van der Waals surface area contributed by atoms with Crippen molar-refractivity contribution in [3.05, 3.63) is 29.8 Å². The van der Waals surface area contributed by atoms with Crippen LogP contribution in [0.5, 0.6) is 5.75 Å². The number of aliphatic carboxylic acids is 1. The van der Waals surface area contributed by atoms with Gasteiger partial charge >= 0.3 is 5.97 Å². The number of phenols is 1. The van der Waals surface area contributed by atoms with Crippen LogP contribution < -0.4 is 32.3 Å². The Hall–Kier alpha value is -4.24. The van der Waals surface area contributed by atoms with Gasteiger partial charge in [-0.3, -0.25) is 24.0 Å². The molecule has 0 bridgehead atoms. The maximum atomic E-state index is 13.2. The van der Waals surface area contributed by atoms with Gasteiger partial charge < -0.3 is 47.6 Å². The standard InChI is InChI=1S/C31H50N6O9/c1-8-16(4)24(29(43)34-17(5)26(40)33-18(6)27(41)35-23(31(45)46)13-15(2)3)36-30(44)25(19(7)38)37-28(42)22(32)14-20-9-11-21(39)12-10-20/h9-12,15-19,22-25,38-39H,8,13-14,32H2,1-7H3,(H,33,40)(H,34,43)(H,35,41)(H,36,44)(H,37,42)(H,45,46)/t16-,17-,18-,19+,22-,23-,24-,25-/m0/s1. The van der Waals surface area contributed by atoms with E-state index in [1.54, 1.807) is 26.0 Å². The van der Waals surface area contributed by atoms with Gasteiger partial charge in [0.25, 0.3) is 0 Å². The van der Waals surface area contributed by atoms with Crippen molar-refractivity contribution < 1.29 is 44.1 Å². The normalized spacial score (nSPS) is 16.4. The zero-order chi connectivity index (χ0) is 35.3. The van der Waals surface area contributed by atoms with Gasteiger partial charge in [-0.05, 0) is 63.1 Å². The molecule has 0 spiro atoms. The molecule has 1 aromatic carbocycles. The highest BCUT2D eigenvalue weighted by molar-refractivity contribution is 5.96. The van der Waals surface area contributed by atoms with Crippen LogP contribution in [0.2, 0.25) is 0 Å². The number of carboxylic acids is 1. The molecule has 258 valence electrons. The van der Waals surface area contributed by atoms with E-state index in [0.717, 1.165) is 0 Å². The number of carboxylic acid groups (broad SMARTS) is 1. The zero-order valence-corrected chi connectivity index (χ0v) is 27.5. The molecule has 8 atom stereocenters. The van der Waals surface area contributed by atoms with Crippen LogP contribution in [0.15, 0.2) is 24.3 Å². The Balaban J connectivity index is 2.88. The van der Waals surface area contributed by atoms with Gasteiger partial charge in [0.15, 0.2) is 0 Å². The van der Waals surface area contributed by atoms with Crippen molar-refractivity contribution in [2.45, 2.75) is 110 Å². The number of aliphatic hydroxyl groups is 1. The Morgan fingerprint density at radius 2 is 1.20 bits per heavy atom. The first-order valence-corrected chi connectivity index (χ1v) is 15.3. The summed E-state index contributed by atoms with van der Waals surface area (Å²) >= 11 is 0. The van der Waals surface area contributed by atoms with Crippen LogP contribution in [0.1, 0.15) is 66.9 Å². The molecule has 0 aromatic heterocycles. The van der Waals surface area contributed by atoms with Gasteiger partial charge in [-0.1, -0.05) is 46.2 Å². The van der Waals surface area contributed by atoms with Gasteiger partial charge in [0.05, 0.1) is 12.1 Å². The monoisotopic (exact) mass is 650 g/mol. The quantitative estimate of drug-likeness (QED) is 0.0965. The number of nitrogens with two attached hydrogens (primary N) is 1. The predicted octanol–water partition coefficient (Wildman–Crippen LogP) is -0.717. The molecule has 0 radical (unpaired) electrons. The molecule has 0 saturated heterocycles. The fraction of sp³-hybridized carbons (Fsp3) is 0.613. The van der Waals surface area contributed by atoms with Crippen molar-refractivity contribution in [3.8, 4) is 5.75 Å². The summed E-state index contributed by atoms with van der Waals surface area (Å²) < 4.78 is 0. The van der Waals surface area contributed by atoms with Crippen LogP contribution in [0.25, 0.3) is 0 Å². The number of aliphatic hydroxyl groups excluding tert-OH is 1. The molecule has 15 heteroatoms. The first-order chi connectivity index (χ1) is 21.4. The second-order valence-electron chi connectivity index (χ2n) is 12.1. The third-order valence-corrected chi connectivity index (χ3v) is 7.41. The third-order valence-electron chi connectivity index (χ3n) is 7.41. The fourth-order valence-electron chi connectivity index (χ4n) is 4.35. The second-order valence-corrected chi connectivity index (χ2v) is 12.1. The lowest BCUT2D eigenvalue weighted by Crippen LogP contribution is -2.61. The zero-order valence-electron chi connectivity index (χ0n) is 27.5. The van der Waals surface area contributed by atoms with Crippen LogP contribution in [0, 0.1) is 11.8 Å². The first-order valence-electron chi connectivity index (χ1n) is 15.3. The Labute approximate surface area is 269 Å². The highest BCUT2D eigenvalue weighted by Crippen LogP contribution is 2.12. The molecule has 5 amide bonds. The van der Waals surface area contributed by atoms with E-state index in [0.29, 0.717) is 12.0 Å². The smallest absolute Gasteiger partial charge is 0.326 e. The van der Waals surface area contributed by atoms with Gasteiger partial charge in [0, 0.05) is 0 Å². The molecule has 15 nitrogen and oxygen atoms in total. The molecule has 10 N–H and O–H groups in total. The number of amides is 5. The average molecular weight is 651 g/mol. The third kappa shape index (κ3) is 13.0. The molecular weight excluding hydrogens is 600 g/mol. The van der Waals surface area contributed by atoms with Gasteiger partial charge in [0.2, 0.25) is 29.5 Å². The van der Waals surface area contributed by atoms with E-state index < -0.39 is 83.8 Å². The van der Waals surface area contributed by atoms with Crippen molar-refractivity contribution >= 4 is 35.5 Å². The van der Waals surface area contributed by atoms with E-state index in [2.05, 4.69) is 26.6 Å². The molecular formula is C31H50N6O9. The average Bonchev–Trinajstić information content (AvgIpc) is 2.97. The minimum Gasteiger partial charge on any atom is -0.508 e. The number of carbonyl (C=O) groups excluding carboxylic acids is 5. The maximum absolute atomic E-state index is 13.2. The van der Waals surface area contributed by atoms with Crippen LogP contribution in [0.4, 0.5) is 0 Å². The summed E-state index contributed by atoms with van der Waals surface area (Å²) in [6.07, 6.45) is -0.621. The Morgan fingerprint density at radius 3 is 1.67 bits per heavy atom. The van der Waals surface area contributed by atoms with Crippen molar-refractivity contribution in [1.82, 2.24) is 26.6 Å². The van der Waals surface area contributed by atoms with Crippen LogP contribution >= 0.6 is 0 Å². The van der Waals surface area contributed by atoms with E-state index in [9.17, 15) is 44.1 Å². The topological polar surface area (TPSA) is 249 Å². The number of carbonyl (C=O) groups is 6. The van der Waals surface area contributed by atoms with Crippen molar-refractivity contribution in [1.29, 1.82) is 0 Å². The molecule has 0 aliphatic carbocycles. The van der Waals surface area contributed by atoms with Crippen LogP contribution in [-0.2, 0) is 35.2 Å². The largest absolute Gasteiger partial charge is 0.508 e. The molecule has 0 saturated carbocycles. The summed E-state index contributed by atoms with van der Waals surface area (Å²) in [4.78, 5) is 76.0. The van der Waals surface area contributed by atoms with Crippen molar-refractivity contribution in [3.63, 3.8) is 0 Å². The number of phenolic OH excluding ortho intramolecular Hbond substituents is 1. The lowest BCUT2D eigenvalue weighted by atomic mass is 9.97. The Bertz CT molecular complexity index is 1210. The summed E-state index contributed by atoms with van der Waals surface area (Å²) in [6, 6.07) is -1.02. The molecule has 1 aromatic rings. The van der Waals surface area contributed by atoms with Crippen molar-refractivity contribution in [2.75, 3.05) is 0 Å². The van der Waals surface area contributed by atoms with Crippen LogP contribution in [-0.4, -0.2) is 93.2 Å². The number of aromatic hydroxyl groups is 1. The molecule has 0 heterocycles. The van der Waals surface area contributed by atoms with Gasteiger partial charge in [-0.2, -0.15) is 0 Å². The highest BCUT2D eigenvalue weighted by Gasteiger charge is 2.34. The minimum atomic E-state index is -1.46. The summed E-state index contributed by atoms with van der Waals surface area (Å²) in [7, 11) is 0.